The first-order valence-corrected chi connectivity index (χ1v) is 8.94. The van der Waals surface area contributed by atoms with Crippen molar-refractivity contribution in [2.45, 2.75) is 51.8 Å². The molecule has 0 aliphatic carbocycles. The Morgan fingerprint density at radius 2 is 1.96 bits per heavy atom. The van der Waals surface area contributed by atoms with E-state index in [1.165, 1.54) is 16.3 Å². The lowest BCUT2D eigenvalue weighted by Gasteiger charge is -2.33. The highest BCUT2D eigenvalue weighted by Gasteiger charge is 2.23. The smallest absolute Gasteiger partial charge is 0.407 e. The number of fused-ring (bicyclic) bond motifs is 1. The number of ether oxygens (including phenoxy) is 1. The average molecular weight is 341 g/mol. The van der Waals surface area contributed by atoms with E-state index in [9.17, 15) is 4.79 Å². The normalized spacial score (nSPS) is 16.8. The van der Waals surface area contributed by atoms with Crippen molar-refractivity contribution < 1.29 is 9.53 Å². The number of carbonyl (C=O) groups is 1. The minimum atomic E-state index is -0.452. The van der Waals surface area contributed by atoms with Crippen LogP contribution >= 0.6 is 0 Å². The predicted molar refractivity (Wildman–Crippen MR) is 99.4 cm³/mol. The Balaban J connectivity index is 1.53. The Bertz CT molecular complexity index is 726. The van der Waals surface area contributed by atoms with Crippen molar-refractivity contribution in [1.29, 1.82) is 0 Å². The van der Waals surface area contributed by atoms with Crippen molar-refractivity contribution in [3.8, 4) is 0 Å². The molecule has 5 heteroatoms. The van der Waals surface area contributed by atoms with E-state index in [0.29, 0.717) is 0 Å². The minimum Gasteiger partial charge on any atom is -0.444 e. The van der Waals surface area contributed by atoms with Crippen LogP contribution in [-0.4, -0.2) is 40.7 Å². The van der Waals surface area contributed by atoms with Gasteiger partial charge in [0, 0.05) is 43.5 Å². The minimum absolute atomic E-state index is 0.191. The maximum Gasteiger partial charge on any atom is 0.407 e. The summed E-state index contributed by atoms with van der Waals surface area (Å²) in [7, 11) is 0. The van der Waals surface area contributed by atoms with Gasteiger partial charge < -0.3 is 10.1 Å². The van der Waals surface area contributed by atoms with E-state index in [1.54, 1.807) is 0 Å². The van der Waals surface area contributed by atoms with E-state index in [-0.39, 0.29) is 12.1 Å². The van der Waals surface area contributed by atoms with Gasteiger partial charge in [0.25, 0.3) is 0 Å². The number of benzene rings is 1. The molecular formula is C20H27N3O2. The van der Waals surface area contributed by atoms with Crippen LogP contribution in [0.5, 0.6) is 0 Å². The molecule has 134 valence electrons. The molecule has 0 radical (unpaired) electrons. The first kappa shape index (κ1) is 17.7. The molecular weight excluding hydrogens is 314 g/mol. The zero-order chi connectivity index (χ0) is 17.9. The second-order valence-corrected chi connectivity index (χ2v) is 7.72. The molecule has 2 heterocycles. The van der Waals surface area contributed by atoms with Crippen LogP contribution in [0, 0.1) is 0 Å². The fourth-order valence-corrected chi connectivity index (χ4v) is 3.26. The van der Waals surface area contributed by atoms with Crippen molar-refractivity contribution in [2.24, 2.45) is 0 Å². The molecule has 1 saturated heterocycles. The molecule has 25 heavy (non-hydrogen) atoms. The number of likely N-dealkylation sites (tertiary alicyclic amines) is 1. The fraction of sp³-hybridized carbons (Fsp3) is 0.500. The second kappa shape index (κ2) is 7.40. The summed E-state index contributed by atoms with van der Waals surface area (Å²) in [6.07, 6.45) is 5.45. The molecule has 1 aromatic carbocycles. The van der Waals surface area contributed by atoms with E-state index in [4.69, 9.17) is 4.74 Å². The van der Waals surface area contributed by atoms with Crippen LogP contribution in [0.3, 0.4) is 0 Å². The van der Waals surface area contributed by atoms with Gasteiger partial charge in [-0.05, 0) is 44.6 Å². The molecule has 0 saturated carbocycles. The number of alkyl carbamates (subject to hydrolysis) is 1. The average Bonchev–Trinajstić information content (AvgIpc) is 2.55. The summed E-state index contributed by atoms with van der Waals surface area (Å²) in [5, 5.41) is 5.44. The summed E-state index contributed by atoms with van der Waals surface area (Å²) in [6, 6.07) is 8.56. The molecule has 0 bridgehead atoms. The number of nitrogens with zero attached hydrogens (tertiary/aromatic N) is 2. The Hall–Kier alpha value is -2.14. The molecule has 1 aromatic heterocycles. The Morgan fingerprint density at radius 1 is 1.24 bits per heavy atom. The van der Waals surface area contributed by atoms with Crippen molar-refractivity contribution in [3.05, 3.63) is 42.2 Å². The monoisotopic (exact) mass is 341 g/mol. The third kappa shape index (κ3) is 4.92. The van der Waals surface area contributed by atoms with Gasteiger partial charge in [-0.1, -0.05) is 24.3 Å². The van der Waals surface area contributed by atoms with Gasteiger partial charge in [-0.25, -0.2) is 4.79 Å². The summed E-state index contributed by atoms with van der Waals surface area (Å²) >= 11 is 0. The van der Waals surface area contributed by atoms with Crippen LogP contribution in [0.25, 0.3) is 10.8 Å². The summed E-state index contributed by atoms with van der Waals surface area (Å²) < 4.78 is 5.34. The third-order valence-corrected chi connectivity index (χ3v) is 4.45. The van der Waals surface area contributed by atoms with E-state index in [1.807, 2.05) is 39.2 Å². The van der Waals surface area contributed by atoms with E-state index in [0.717, 1.165) is 32.5 Å². The fourth-order valence-electron chi connectivity index (χ4n) is 3.26. The van der Waals surface area contributed by atoms with Crippen LogP contribution in [0.15, 0.2) is 36.7 Å². The Kier molecular flexibility index (Phi) is 5.23. The number of piperidine rings is 1. The lowest BCUT2D eigenvalue weighted by molar-refractivity contribution is 0.0477. The SMILES string of the molecule is CC(C)(C)OC(=O)NC1CCN(Cc2cncc3ccccc23)CC1. The number of amides is 1. The van der Waals surface area contributed by atoms with Crippen molar-refractivity contribution in [1.82, 2.24) is 15.2 Å². The predicted octanol–water partition coefficient (Wildman–Crippen LogP) is 3.72. The number of aromatic nitrogens is 1. The quantitative estimate of drug-likeness (QED) is 0.924. The zero-order valence-electron chi connectivity index (χ0n) is 15.3. The van der Waals surface area contributed by atoms with Gasteiger partial charge in [-0.2, -0.15) is 0 Å². The van der Waals surface area contributed by atoms with Gasteiger partial charge in [0.15, 0.2) is 0 Å². The van der Waals surface area contributed by atoms with Gasteiger partial charge in [0.2, 0.25) is 0 Å². The van der Waals surface area contributed by atoms with Gasteiger partial charge in [0.1, 0.15) is 5.60 Å². The lowest BCUT2D eigenvalue weighted by Crippen LogP contribution is -2.45. The number of carbonyl (C=O) groups excluding carboxylic acids is 1. The van der Waals surface area contributed by atoms with Crippen LogP contribution in [0.1, 0.15) is 39.2 Å². The molecule has 0 spiro atoms. The number of nitrogens with one attached hydrogen (secondary N) is 1. The molecule has 5 nitrogen and oxygen atoms in total. The standard InChI is InChI=1S/C20H27N3O2/c1-20(2,3)25-19(24)22-17-8-10-23(11-9-17)14-16-13-21-12-15-6-4-5-7-18(15)16/h4-7,12-13,17H,8-11,14H2,1-3H3,(H,22,24). The van der Waals surface area contributed by atoms with Gasteiger partial charge in [-0.3, -0.25) is 9.88 Å². The third-order valence-electron chi connectivity index (χ3n) is 4.45. The first-order chi connectivity index (χ1) is 11.9. The Labute approximate surface area is 149 Å². The highest BCUT2D eigenvalue weighted by atomic mass is 16.6. The van der Waals surface area contributed by atoms with Gasteiger partial charge in [-0.15, -0.1) is 0 Å². The number of hydrogen-bond acceptors (Lipinski definition) is 4. The van der Waals surface area contributed by atoms with Gasteiger partial charge in [0.05, 0.1) is 0 Å². The van der Waals surface area contributed by atoms with Crippen LogP contribution < -0.4 is 5.32 Å². The zero-order valence-corrected chi connectivity index (χ0v) is 15.3. The molecule has 1 aliphatic heterocycles. The van der Waals surface area contributed by atoms with Crippen molar-refractivity contribution >= 4 is 16.9 Å². The molecule has 2 aromatic rings. The maximum absolute atomic E-state index is 11.9. The first-order valence-electron chi connectivity index (χ1n) is 8.94. The van der Waals surface area contributed by atoms with Crippen LogP contribution in [0.4, 0.5) is 4.79 Å². The highest BCUT2D eigenvalue weighted by molar-refractivity contribution is 5.84. The van der Waals surface area contributed by atoms with Crippen LogP contribution in [0.2, 0.25) is 0 Å². The summed E-state index contributed by atoms with van der Waals surface area (Å²) in [6.45, 7) is 8.47. The number of hydrogen-bond donors (Lipinski definition) is 1. The lowest BCUT2D eigenvalue weighted by atomic mass is 10.0. The molecule has 0 atom stereocenters. The molecule has 1 fully saturated rings. The summed E-state index contributed by atoms with van der Waals surface area (Å²) in [5.74, 6) is 0. The van der Waals surface area contributed by atoms with E-state index >= 15 is 0 Å². The molecule has 1 aliphatic rings. The maximum atomic E-state index is 11.9. The Morgan fingerprint density at radius 3 is 2.68 bits per heavy atom. The van der Waals surface area contributed by atoms with E-state index < -0.39 is 5.60 Å². The second-order valence-electron chi connectivity index (χ2n) is 7.72. The largest absolute Gasteiger partial charge is 0.444 e. The number of rotatable bonds is 3. The molecule has 3 rings (SSSR count). The highest BCUT2D eigenvalue weighted by Crippen LogP contribution is 2.21. The summed E-state index contributed by atoms with van der Waals surface area (Å²) in [4.78, 5) is 18.7. The van der Waals surface area contributed by atoms with Gasteiger partial charge >= 0.3 is 6.09 Å². The molecule has 1 amide bonds. The number of pyridine rings is 1. The van der Waals surface area contributed by atoms with Crippen LogP contribution in [-0.2, 0) is 11.3 Å². The van der Waals surface area contributed by atoms with Crippen molar-refractivity contribution in [2.75, 3.05) is 13.1 Å². The summed E-state index contributed by atoms with van der Waals surface area (Å²) in [5.41, 5.74) is 0.809. The molecule has 0 unspecified atom stereocenters. The molecule has 1 N–H and O–H groups in total. The van der Waals surface area contributed by atoms with Crippen molar-refractivity contribution in [3.63, 3.8) is 0 Å². The topological polar surface area (TPSA) is 54.5 Å². The van der Waals surface area contributed by atoms with E-state index in [2.05, 4.69) is 33.4 Å².